The highest BCUT2D eigenvalue weighted by Gasteiger charge is 2.23. The van der Waals surface area contributed by atoms with Crippen molar-refractivity contribution in [1.29, 1.82) is 0 Å². The van der Waals surface area contributed by atoms with E-state index in [2.05, 4.69) is 210 Å². The van der Waals surface area contributed by atoms with Gasteiger partial charge >= 0.3 is 0 Å². The lowest BCUT2D eigenvalue weighted by molar-refractivity contribution is 0.100. The third-order valence-corrected chi connectivity index (χ3v) is 13.1. The monoisotopic (exact) mass is 924 g/mol. The van der Waals surface area contributed by atoms with Gasteiger partial charge in [-0.1, -0.05) is 212 Å². The molecule has 72 heavy (non-hydrogen) atoms. The zero-order valence-corrected chi connectivity index (χ0v) is 39.4. The largest absolute Gasteiger partial charge is 0.311 e. The van der Waals surface area contributed by atoms with Crippen LogP contribution in [0.1, 0.15) is 31.8 Å². The van der Waals surface area contributed by atoms with E-state index in [1.807, 2.05) is 66.7 Å². The third kappa shape index (κ3) is 9.16. The molecule has 0 aromatic heterocycles. The number of rotatable bonds is 14. The Bertz CT molecular complexity index is 3560. The number of nitrogens with zero attached hydrogens (tertiary/aromatic N) is 2. The Hall–Kier alpha value is -9.64. The minimum Gasteiger partial charge on any atom is -0.311 e. The lowest BCUT2D eigenvalue weighted by atomic mass is 9.84. The lowest BCUT2D eigenvalue weighted by Crippen LogP contribution is -2.11. The first-order valence-electron chi connectivity index (χ1n) is 24.2. The number of benzene rings is 11. The molecule has 11 aromatic carbocycles. The van der Waals surface area contributed by atoms with Gasteiger partial charge in [0.05, 0.1) is 0 Å². The molecule has 0 amide bonds. The number of para-hydroxylation sites is 4. The first-order valence-corrected chi connectivity index (χ1v) is 24.2. The van der Waals surface area contributed by atoms with Gasteiger partial charge in [0.2, 0.25) is 0 Å². The second kappa shape index (κ2) is 20.5. The fourth-order valence-corrected chi connectivity index (χ4v) is 9.65. The molecule has 0 N–H and O–H groups in total. The van der Waals surface area contributed by atoms with E-state index in [4.69, 9.17) is 0 Å². The molecule has 4 heteroatoms. The zero-order valence-electron chi connectivity index (χ0n) is 39.4. The van der Waals surface area contributed by atoms with E-state index in [1.54, 1.807) is 24.3 Å². The maximum Gasteiger partial charge on any atom is 0.193 e. The summed E-state index contributed by atoms with van der Waals surface area (Å²) in [7, 11) is 0. The van der Waals surface area contributed by atoms with E-state index in [9.17, 15) is 9.59 Å². The van der Waals surface area contributed by atoms with Gasteiger partial charge in [-0.15, -0.1) is 0 Å². The van der Waals surface area contributed by atoms with Crippen molar-refractivity contribution >= 4 is 45.7 Å². The first-order chi connectivity index (χ1) is 35.6. The van der Waals surface area contributed by atoms with E-state index >= 15 is 0 Å². The summed E-state index contributed by atoms with van der Waals surface area (Å²) >= 11 is 0. The summed E-state index contributed by atoms with van der Waals surface area (Å²) in [6.07, 6.45) is 0. The van der Waals surface area contributed by atoms with Gasteiger partial charge in [0.1, 0.15) is 0 Å². The highest BCUT2D eigenvalue weighted by atomic mass is 16.1. The van der Waals surface area contributed by atoms with Gasteiger partial charge in [0.25, 0.3) is 0 Å². The molecule has 0 unspecified atom stereocenters. The Kier molecular flexibility index (Phi) is 12.8. The van der Waals surface area contributed by atoms with Crippen LogP contribution in [0, 0.1) is 0 Å². The van der Waals surface area contributed by atoms with Gasteiger partial charge in [0.15, 0.2) is 11.6 Å². The molecule has 11 rings (SSSR count). The average molecular weight is 925 g/mol. The summed E-state index contributed by atoms with van der Waals surface area (Å²) in [4.78, 5) is 33.4. The molecule has 0 aliphatic heterocycles. The van der Waals surface area contributed by atoms with Gasteiger partial charge in [0, 0.05) is 56.4 Å². The lowest BCUT2D eigenvalue weighted by Gasteiger charge is -2.26. The predicted molar refractivity (Wildman–Crippen MR) is 297 cm³/mol. The molecule has 11 aromatic rings. The van der Waals surface area contributed by atoms with Crippen molar-refractivity contribution in [3.05, 3.63) is 313 Å². The number of carbonyl (C=O) groups is 2. The maximum absolute atomic E-state index is 14.9. The summed E-state index contributed by atoms with van der Waals surface area (Å²) in [5.41, 5.74) is 16.1. The molecule has 0 aliphatic carbocycles. The van der Waals surface area contributed by atoms with Crippen LogP contribution in [0.3, 0.4) is 0 Å². The van der Waals surface area contributed by atoms with Crippen LogP contribution < -0.4 is 9.80 Å². The summed E-state index contributed by atoms with van der Waals surface area (Å²) in [6.45, 7) is 0. The predicted octanol–water partition coefficient (Wildman–Crippen LogP) is 17.8. The van der Waals surface area contributed by atoms with Crippen molar-refractivity contribution in [1.82, 2.24) is 0 Å². The van der Waals surface area contributed by atoms with E-state index in [0.717, 1.165) is 78.6 Å². The second-order valence-electron chi connectivity index (χ2n) is 17.5. The molecule has 0 saturated heterocycles. The Morgan fingerprint density at radius 3 is 0.917 bits per heavy atom. The quantitative estimate of drug-likeness (QED) is 0.102. The van der Waals surface area contributed by atoms with E-state index < -0.39 is 0 Å². The summed E-state index contributed by atoms with van der Waals surface area (Å²) in [5.74, 6) is -0.421. The Morgan fingerprint density at radius 1 is 0.222 bits per heavy atom. The van der Waals surface area contributed by atoms with Crippen LogP contribution >= 0.6 is 0 Å². The number of hydrogen-bond acceptors (Lipinski definition) is 4. The van der Waals surface area contributed by atoms with Gasteiger partial charge in [-0.25, -0.2) is 0 Å². The van der Waals surface area contributed by atoms with Crippen molar-refractivity contribution in [3.8, 4) is 44.5 Å². The van der Waals surface area contributed by atoms with Crippen molar-refractivity contribution in [2.75, 3.05) is 9.80 Å². The summed E-state index contributed by atoms with van der Waals surface area (Å²) in [6, 6.07) is 98.2. The summed E-state index contributed by atoms with van der Waals surface area (Å²) in [5, 5.41) is 0. The van der Waals surface area contributed by atoms with Crippen LogP contribution in [-0.4, -0.2) is 11.6 Å². The van der Waals surface area contributed by atoms with E-state index in [-0.39, 0.29) is 11.6 Å². The highest BCUT2D eigenvalue weighted by Crippen LogP contribution is 2.44. The zero-order chi connectivity index (χ0) is 48.6. The van der Waals surface area contributed by atoms with E-state index in [0.29, 0.717) is 22.3 Å². The van der Waals surface area contributed by atoms with Crippen molar-refractivity contribution in [2.24, 2.45) is 0 Å². The highest BCUT2D eigenvalue weighted by molar-refractivity contribution is 6.20. The van der Waals surface area contributed by atoms with E-state index in [1.165, 1.54) is 0 Å². The normalized spacial score (nSPS) is 10.9. The molecule has 342 valence electrons. The SMILES string of the molecule is O=C(c1ccccc1)c1ccccc1C(=O)c1ccc(-c2ccccc2-c2ccc(N(c3ccccc3)c3ccccc3)cc2)c(-c2ccccc2-c2ccc(N(c3ccccc3)c3ccccc3)cc2)c1. The Labute approximate surface area is 421 Å². The smallest absolute Gasteiger partial charge is 0.193 e. The average Bonchev–Trinajstić information content (AvgIpc) is 3.46. The van der Waals surface area contributed by atoms with Crippen molar-refractivity contribution < 1.29 is 9.59 Å². The number of hydrogen-bond donors (Lipinski definition) is 0. The second-order valence-corrected chi connectivity index (χ2v) is 17.5. The molecule has 0 radical (unpaired) electrons. The van der Waals surface area contributed by atoms with Crippen LogP contribution in [-0.2, 0) is 0 Å². The fourth-order valence-electron chi connectivity index (χ4n) is 9.65. The van der Waals surface area contributed by atoms with Crippen LogP contribution in [0.15, 0.2) is 291 Å². The number of ketones is 2. The molecule has 0 bridgehead atoms. The molecule has 0 atom stereocenters. The Morgan fingerprint density at radius 2 is 0.514 bits per heavy atom. The maximum atomic E-state index is 14.9. The molecule has 4 nitrogen and oxygen atoms in total. The van der Waals surface area contributed by atoms with Gasteiger partial charge < -0.3 is 9.80 Å². The molecule has 0 fully saturated rings. The molecule has 0 aliphatic rings. The number of anilines is 6. The van der Waals surface area contributed by atoms with Gasteiger partial charge in [-0.05, 0) is 123 Å². The molecular formula is C68H48N2O2. The molecular weight excluding hydrogens is 877 g/mol. The fraction of sp³-hybridized carbons (Fsp3) is 0. The topological polar surface area (TPSA) is 40.6 Å². The van der Waals surface area contributed by atoms with Gasteiger partial charge in [-0.3, -0.25) is 9.59 Å². The number of carbonyl (C=O) groups excluding carboxylic acids is 2. The van der Waals surface area contributed by atoms with Crippen LogP contribution in [0.4, 0.5) is 34.1 Å². The minimum atomic E-state index is -0.225. The van der Waals surface area contributed by atoms with Crippen LogP contribution in [0.5, 0.6) is 0 Å². The molecule has 0 spiro atoms. The standard InChI is InChI=1S/C68H48N2O2/c71-67(51-22-6-1-7-23-51)64-36-20-21-37-65(64)68(72)52-42-47-63(61-34-18-16-32-59(61)49-38-43-57(44-39-49)69(53-24-8-2-9-25-53)54-26-10-3-11-27-54)66(48-52)62-35-19-17-33-60(62)50-40-45-58(46-41-50)70(55-28-12-4-13-29-55)56-30-14-5-15-31-56/h1-48H. The van der Waals surface area contributed by atoms with Crippen molar-refractivity contribution in [3.63, 3.8) is 0 Å². The van der Waals surface area contributed by atoms with Crippen LogP contribution in [0.25, 0.3) is 44.5 Å². The third-order valence-electron chi connectivity index (χ3n) is 13.1. The molecule has 0 heterocycles. The van der Waals surface area contributed by atoms with Gasteiger partial charge in [-0.2, -0.15) is 0 Å². The summed E-state index contributed by atoms with van der Waals surface area (Å²) < 4.78 is 0. The Balaban J connectivity index is 1.04. The van der Waals surface area contributed by atoms with Crippen molar-refractivity contribution in [2.45, 2.75) is 0 Å². The first kappa shape index (κ1) is 44.8. The minimum absolute atomic E-state index is 0.195. The molecule has 0 saturated carbocycles. The van der Waals surface area contributed by atoms with Crippen LogP contribution in [0.2, 0.25) is 0 Å².